The molecule has 0 saturated carbocycles. The van der Waals surface area contributed by atoms with Gasteiger partial charge in [0.1, 0.15) is 0 Å². The van der Waals surface area contributed by atoms with Crippen LogP contribution in [-0.2, 0) is 13.1 Å². The minimum Gasteiger partial charge on any atom is -0.349 e. The van der Waals surface area contributed by atoms with E-state index in [2.05, 4.69) is 39.7 Å². The van der Waals surface area contributed by atoms with Gasteiger partial charge in [-0.05, 0) is 17.4 Å². The van der Waals surface area contributed by atoms with Crippen molar-refractivity contribution in [2.45, 2.75) is 18.2 Å². The van der Waals surface area contributed by atoms with Crippen LogP contribution >= 0.6 is 11.8 Å². The summed E-state index contributed by atoms with van der Waals surface area (Å²) in [6, 6.07) is 20.6. The fraction of sp³-hybridized carbons (Fsp3) is 0.176. The molecule has 1 aromatic heterocycles. The Morgan fingerprint density at radius 2 is 1.59 bits per heavy atom. The second-order valence-electron chi connectivity index (χ2n) is 4.90. The van der Waals surface area contributed by atoms with Gasteiger partial charge in [-0.1, -0.05) is 72.4 Å². The lowest BCUT2D eigenvalue weighted by Crippen LogP contribution is -2.04. The molecule has 5 heteroatoms. The standard InChI is InChI=1S/C17H18N4S/c1-22-17-19-16(18-12-14-8-4-2-5-9-14)20-21(17)13-15-10-6-3-7-11-15/h2-11H,12-13H2,1H3,(H,18,20). The highest BCUT2D eigenvalue weighted by Crippen LogP contribution is 2.16. The maximum atomic E-state index is 4.56. The van der Waals surface area contributed by atoms with Crippen molar-refractivity contribution in [1.82, 2.24) is 14.8 Å². The van der Waals surface area contributed by atoms with Gasteiger partial charge in [-0.2, -0.15) is 4.98 Å². The summed E-state index contributed by atoms with van der Waals surface area (Å²) in [4.78, 5) is 4.54. The van der Waals surface area contributed by atoms with Crippen molar-refractivity contribution in [1.29, 1.82) is 0 Å². The molecule has 0 aliphatic rings. The van der Waals surface area contributed by atoms with Crippen LogP contribution in [-0.4, -0.2) is 21.0 Å². The average Bonchev–Trinajstić information content (AvgIpc) is 2.97. The Bertz CT molecular complexity index is 710. The molecule has 1 N–H and O–H groups in total. The topological polar surface area (TPSA) is 42.7 Å². The van der Waals surface area contributed by atoms with Crippen molar-refractivity contribution in [3.63, 3.8) is 0 Å². The van der Waals surface area contributed by atoms with Crippen molar-refractivity contribution < 1.29 is 0 Å². The highest BCUT2D eigenvalue weighted by atomic mass is 32.2. The third-order valence-corrected chi connectivity index (χ3v) is 3.96. The van der Waals surface area contributed by atoms with Gasteiger partial charge in [0.15, 0.2) is 5.16 Å². The summed E-state index contributed by atoms with van der Waals surface area (Å²) in [6.45, 7) is 1.46. The van der Waals surface area contributed by atoms with E-state index in [9.17, 15) is 0 Å². The number of nitrogens with zero attached hydrogens (tertiary/aromatic N) is 3. The zero-order chi connectivity index (χ0) is 15.2. The van der Waals surface area contributed by atoms with Gasteiger partial charge < -0.3 is 5.32 Å². The number of rotatable bonds is 6. The van der Waals surface area contributed by atoms with Crippen LogP contribution in [0.15, 0.2) is 65.8 Å². The maximum absolute atomic E-state index is 4.56. The van der Waals surface area contributed by atoms with Crippen molar-refractivity contribution in [3.05, 3.63) is 71.8 Å². The van der Waals surface area contributed by atoms with E-state index in [1.165, 1.54) is 11.1 Å². The fourth-order valence-corrected chi connectivity index (χ4v) is 2.68. The van der Waals surface area contributed by atoms with Gasteiger partial charge in [-0.15, -0.1) is 5.10 Å². The lowest BCUT2D eigenvalue weighted by Gasteiger charge is -2.03. The zero-order valence-corrected chi connectivity index (χ0v) is 13.3. The predicted molar refractivity (Wildman–Crippen MR) is 91.1 cm³/mol. The summed E-state index contributed by atoms with van der Waals surface area (Å²) >= 11 is 1.61. The molecule has 0 aliphatic carbocycles. The first-order chi connectivity index (χ1) is 10.8. The summed E-state index contributed by atoms with van der Waals surface area (Å²) < 4.78 is 1.94. The minimum absolute atomic E-state index is 0.670. The summed E-state index contributed by atoms with van der Waals surface area (Å²) in [5.74, 6) is 0.670. The van der Waals surface area contributed by atoms with Crippen LogP contribution in [0.25, 0.3) is 0 Å². The Labute approximate surface area is 134 Å². The van der Waals surface area contributed by atoms with Crippen LogP contribution in [0.3, 0.4) is 0 Å². The van der Waals surface area contributed by atoms with Crippen LogP contribution in [0, 0.1) is 0 Å². The number of aromatic nitrogens is 3. The minimum atomic E-state index is 0.670. The van der Waals surface area contributed by atoms with E-state index < -0.39 is 0 Å². The Morgan fingerprint density at radius 3 is 2.23 bits per heavy atom. The molecule has 4 nitrogen and oxygen atoms in total. The summed E-state index contributed by atoms with van der Waals surface area (Å²) in [5.41, 5.74) is 2.44. The van der Waals surface area contributed by atoms with Gasteiger partial charge in [-0.3, -0.25) is 0 Å². The molecule has 0 spiro atoms. The van der Waals surface area contributed by atoms with Crippen LogP contribution in [0.1, 0.15) is 11.1 Å². The second kappa shape index (κ2) is 7.13. The van der Waals surface area contributed by atoms with Crippen molar-refractivity contribution in [2.75, 3.05) is 11.6 Å². The molecule has 1 heterocycles. The Hall–Kier alpha value is -2.27. The molecule has 0 unspecified atom stereocenters. The van der Waals surface area contributed by atoms with Crippen LogP contribution in [0.4, 0.5) is 5.95 Å². The highest BCUT2D eigenvalue weighted by molar-refractivity contribution is 7.98. The molecule has 0 atom stereocenters. The largest absolute Gasteiger partial charge is 0.349 e. The number of benzene rings is 2. The molecule has 0 amide bonds. The Morgan fingerprint density at radius 1 is 0.955 bits per heavy atom. The van der Waals surface area contributed by atoms with Crippen molar-refractivity contribution >= 4 is 17.7 Å². The zero-order valence-electron chi connectivity index (χ0n) is 12.4. The van der Waals surface area contributed by atoms with Gasteiger partial charge >= 0.3 is 0 Å². The molecule has 22 heavy (non-hydrogen) atoms. The van der Waals surface area contributed by atoms with E-state index in [0.29, 0.717) is 5.95 Å². The predicted octanol–water partition coefficient (Wildman–Crippen LogP) is 3.66. The molecule has 112 valence electrons. The molecule has 2 aromatic carbocycles. The summed E-state index contributed by atoms with van der Waals surface area (Å²) in [5, 5.41) is 8.77. The lowest BCUT2D eigenvalue weighted by molar-refractivity contribution is 0.620. The van der Waals surface area contributed by atoms with Gasteiger partial charge in [0.25, 0.3) is 0 Å². The van der Waals surface area contributed by atoms with E-state index in [1.807, 2.05) is 47.3 Å². The molecule has 0 bridgehead atoms. The lowest BCUT2D eigenvalue weighted by atomic mass is 10.2. The Balaban J connectivity index is 1.71. The van der Waals surface area contributed by atoms with Gasteiger partial charge in [0.2, 0.25) is 5.95 Å². The monoisotopic (exact) mass is 310 g/mol. The molecular formula is C17H18N4S. The number of hydrogen-bond donors (Lipinski definition) is 1. The summed E-state index contributed by atoms with van der Waals surface area (Å²) in [6.07, 6.45) is 2.02. The first kappa shape index (κ1) is 14.7. The van der Waals surface area contributed by atoms with Crippen molar-refractivity contribution in [3.8, 4) is 0 Å². The number of thioether (sulfide) groups is 1. The number of nitrogens with one attached hydrogen (secondary N) is 1. The smallest absolute Gasteiger partial charge is 0.243 e. The first-order valence-corrected chi connectivity index (χ1v) is 8.38. The van der Waals surface area contributed by atoms with Gasteiger partial charge in [0, 0.05) is 6.54 Å². The van der Waals surface area contributed by atoms with E-state index in [-0.39, 0.29) is 0 Å². The first-order valence-electron chi connectivity index (χ1n) is 7.16. The number of anilines is 1. The maximum Gasteiger partial charge on any atom is 0.243 e. The van der Waals surface area contributed by atoms with Crippen LogP contribution < -0.4 is 5.32 Å². The molecular weight excluding hydrogens is 292 g/mol. The van der Waals surface area contributed by atoms with Crippen molar-refractivity contribution in [2.24, 2.45) is 0 Å². The average molecular weight is 310 g/mol. The molecule has 3 aromatic rings. The molecule has 3 rings (SSSR count). The highest BCUT2D eigenvalue weighted by Gasteiger charge is 2.09. The van der Waals surface area contributed by atoms with E-state index in [0.717, 1.165) is 18.2 Å². The van der Waals surface area contributed by atoms with E-state index in [1.54, 1.807) is 11.8 Å². The van der Waals surface area contributed by atoms with E-state index in [4.69, 9.17) is 0 Å². The second-order valence-corrected chi connectivity index (χ2v) is 5.68. The molecule has 0 saturated heterocycles. The quantitative estimate of drug-likeness (QED) is 0.706. The number of hydrogen-bond acceptors (Lipinski definition) is 4. The van der Waals surface area contributed by atoms with Gasteiger partial charge in [0.05, 0.1) is 6.54 Å². The third-order valence-electron chi connectivity index (χ3n) is 3.29. The molecule has 0 fully saturated rings. The summed E-state index contributed by atoms with van der Waals surface area (Å²) in [7, 11) is 0. The third kappa shape index (κ3) is 3.68. The molecule has 0 aliphatic heterocycles. The molecule has 0 radical (unpaired) electrons. The Kier molecular flexibility index (Phi) is 4.75. The van der Waals surface area contributed by atoms with Gasteiger partial charge in [-0.25, -0.2) is 4.68 Å². The fourth-order valence-electron chi connectivity index (χ4n) is 2.19. The van der Waals surface area contributed by atoms with Crippen LogP contribution in [0.5, 0.6) is 0 Å². The normalized spacial score (nSPS) is 10.6. The van der Waals surface area contributed by atoms with E-state index >= 15 is 0 Å². The SMILES string of the molecule is CSc1nc(NCc2ccccc2)nn1Cc1ccccc1. The van der Waals surface area contributed by atoms with Crippen LogP contribution in [0.2, 0.25) is 0 Å².